The van der Waals surface area contributed by atoms with E-state index in [0.717, 1.165) is 5.69 Å². The van der Waals surface area contributed by atoms with Gasteiger partial charge in [-0.3, -0.25) is 4.98 Å². The lowest BCUT2D eigenvalue weighted by Crippen LogP contribution is -1.85. The van der Waals surface area contributed by atoms with Crippen molar-refractivity contribution in [3.63, 3.8) is 0 Å². The SMILES string of the molecule is Cc1cnc(-c2c(Cl)cncc2Cl)[nH]1. The lowest BCUT2D eigenvalue weighted by Gasteiger charge is -2.01. The van der Waals surface area contributed by atoms with Crippen LogP contribution >= 0.6 is 23.2 Å². The van der Waals surface area contributed by atoms with Gasteiger partial charge >= 0.3 is 0 Å². The lowest BCUT2D eigenvalue weighted by atomic mass is 10.2. The molecule has 0 aliphatic rings. The summed E-state index contributed by atoms with van der Waals surface area (Å²) in [4.78, 5) is 11.1. The minimum absolute atomic E-state index is 0.492. The minimum Gasteiger partial charge on any atom is -0.342 e. The number of hydrogen-bond acceptors (Lipinski definition) is 2. The Morgan fingerprint density at radius 3 is 2.29 bits per heavy atom. The molecule has 0 unspecified atom stereocenters. The molecule has 0 fully saturated rings. The Balaban J connectivity index is 2.61. The van der Waals surface area contributed by atoms with Gasteiger partial charge in [0.25, 0.3) is 0 Å². The predicted octanol–water partition coefficient (Wildman–Crippen LogP) is 3.09. The molecule has 0 aromatic carbocycles. The van der Waals surface area contributed by atoms with Crippen molar-refractivity contribution in [2.24, 2.45) is 0 Å². The van der Waals surface area contributed by atoms with Crippen LogP contribution < -0.4 is 0 Å². The maximum absolute atomic E-state index is 5.97. The molecule has 2 heterocycles. The summed E-state index contributed by atoms with van der Waals surface area (Å²) in [5.74, 6) is 0.667. The van der Waals surface area contributed by atoms with E-state index in [4.69, 9.17) is 23.2 Å². The van der Waals surface area contributed by atoms with Gasteiger partial charge in [0, 0.05) is 24.3 Å². The zero-order valence-corrected chi connectivity index (χ0v) is 8.89. The first-order valence-corrected chi connectivity index (χ1v) is 4.75. The summed E-state index contributed by atoms with van der Waals surface area (Å²) in [6.45, 7) is 1.92. The highest BCUT2D eigenvalue weighted by atomic mass is 35.5. The minimum atomic E-state index is 0.492. The highest BCUT2D eigenvalue weighted by Gasteiger charge is 2.11. The number of hydrogen-bond donors (Lipinski definition) is 1. The van der Waals surface area contributed by atoms with Crippen LogP contribution in [0.15, 0.2) is 18.6 Å². The molecule has 14 heavy (non-hydrogen) atoms. The third kappa shape index (κ3) is 1.61. The summed E-state index contributed by atoms with van der Waals surface area (Å²) in [5, 5.41) is 0.985. The maximum atomic E-state index is 5.97. The maximum Gasteiger partial charge on any atom is 0.140 e. The van der Waals surface area contributed by atoms with Gasteiger partial charge in [-0.2, -0.15) is 0 Å². The fraction of sp³-hybridized carbons (Fsp3) is 0.111. The average molecular weight is 228 g/mol. The van der Waals surface area contributed by atoms with Crippen LogP contribution in [0.5, 0.6) is 0 Å². The smallest absolute Gasteiger partial charge is 0.140 e. The number of pyridine rings is 1. The number of nitrogens with one attached hydrogen (secondary N) is 1. The number of H-pyrrole nitrogens is 1. The first-order chi connectivity index (χ1) is 6.68. The number of imidazole rings is 1. The van der Waals surface area contributed by atoms with E-state index < -0.39 is 0 Å². The number of aromatic amines is 1. The van der Waals surface area contributed by atoms with Gasteiger partial charge in [0.15, 0.2) is 0 Å². The molecular formula is C9H7Cl2N3. The Hall–Kier alpha value is -1.06. The van der Waals surface area contributed by atoms with Crippen molar-refractivity contribution in [1.29, 1.82) is 0 Å². The van der Waals surface area contributed by atoms with E-state index >= 15 is 0 Å². The Morgan fingerprint density at radius 2 is 1.79 bits per heavy atom. The van der Waals surface area contributed by atoms with Crippen LogP contribution in [0.4, 0.5) is 0 Å². The van der Waals surface area contributed by atoms with E-state index in [0.29, 0.717) is 21.4 Å². The molecule has 0 aliphatic heterocycles. The van der Waals surface area contributed by atoms with E-state index in [-0.39, 0.29) is 0 Å². The van der Waals surface area contributed by atoms with Crippen molar-refractivity contribution >= 4 is 23.2 Å². The topological polar surface area (TPSA) is 41.6 Å². The molecule has 1 N–H and O–H groups in total. The van der Waals surface area contributed by atoms with Crippen LogP contribution in [0.3, 0.4) is 0 Å². The Kier molecular flexibility index (Phi) is 2.44. The van der Waals surface area contributed by atoms with Gasteiger partial charge in [-0.25, -0.2) is 4.98 Å². The van der Waals surface area contributed by atoms with Crippen LogP contribution in [-0.2, 0) is 0 Å². The van der Waals surface area contributed by atoms with Crippen molar-refractivity contribution in [1.82, 2.24) is 15.0 Å². The van der Waals surface area contributed by atoms with Gasteiger partial charge in [0.2, 0.25) is 0 Å². The zero-order valence-electron chi connectivity index (χ0n) is 7.38. The molecule has 0 amide bonds. The first kappa shape index (κ1) is 9.49. The third-order valence-corrected chi connectivity index (χ3v) is 2.37. The Bertz CT molecular complexity index is 445. The third-order valence-electron chi connectivity index (χ3n) is 1.79. The number of rotatable bonds is 1. The lowest BCUT2D eigenvalue weighted by molar-refractivity contribution is 1.24. The highest BCUT2D eigenvalue weighted by molar-refractivity contribution is 6.38. The molecular weight excluding hydrogens is 221 g/mol. The molecule has 3 nitrogen and oxygen atoms in total. The van der Waals surface area contributed by atoms with Gasteiger partial charge in [-0.15, -0.1) is 0 Å². The second-order valence-corrected chi connectivity index (χ2v) is 3.71. The quantitative estimate of drug-likeness (QED) is 0.814. The van der Waals surface area contributed by atoms with Gasteiger partial charge in [0.1, 0.15) is 5.82 Å². The van der Waals surface area contributed by atoms with Crippen molar-refractivity contribution in [2.45, 2.75) is 6.92 Å². The summed E-state index contributed by atoms with van der Waals surface area (Å²) in [7, 11) is 0. The summed E-state index contributed by atoms with van der Waals surface area (Å²) < 4.78 is 0. The molecule has 2 aromatic heterocycles. The monoisotopic (exact) mass is 227 g/mol. The summed E-state index contributed by atoms with van der Waals surface area (Å²) in [6.07, 6.45) is 4.81. The molecule has 0 saturated heterocycles. The summed E-state index contributed by atoms with van der Waals surface area (Å²) in [5.41, 5.74) is 1.65. The molecule has 0 atom stereocenters. The number of nitrogens with zero attached hydrogens (tertiary/aromatic N) is 2. The number of aryl methyl sites for hydroxylation is 1. The van der Waals surface area contributed by atoms with Crippen LogP contribution in [0.2, 0.25) is 10.0 Å². The van der Waals surface area contributed by atoms with E-state index in [1.165, 1.54) is 0 Å². The van der Waals surface area contributed by atoms with E-state index in [2.05, 4.69) is 15.0 Å². The Morgan fingerprint density at radius 1 is 1.14 bits per heavy atom. The number of aromatic nitrogens is 3. The first-order valence-electron chi connectivity index (χ1n) is 3.99. The van der Waals surface area contributed by atoms with Crippen LogP contribution in [0.1, 0.15) is 5.69 Å². The van der Waals surface area contributed by atoms with Crippen LogP contribution in [0, 0.1) is 6.92 Å². The molecule has 5 heteroatoms. The normalized spacial score (nSPS) is 10.5. The van der Waals surface area contributed by atoms with Crippen molar-refractivity contribution in [3.05, 3.63) is 34.3 Å². The Labute approximate surface area is 91.1 Å². The van der Waals surface area contributed by atoms with Gasteiger partial charge in [-0.1, -0.05) is 23.2 Å². The van der Waals surface area contributed by atoms with Gasteiger partial charge < -0.3 is 4.98 Å². The van der Waals surface area contributed by atoms with E-state index in [9.17, 15) is 0 Å². The molecule has 72 valence electrons. The van der Waals surface area contributed by atoms with Gasteiger partial charge in [-0.05, 0) is 6.92 Å². The van der Waals surface area contributed by atoms with Crippen LogP contribution in [-0.4, -0.2) is 15.0 Å². The zero-order chi connectivity index (χ0) is 10.1. The highest BCUT2D eigenvalue weighted by Crippen LogP contribution is 2.31. The molecule has 2 rings (SSSR count). The molecule has 0 saturated carbocycles. The molecule has 0 radical (unpaired) electrons. The van der Waals surface area contributed by atoms with Crippen molar-refractivity contribution in [2.75, 3.05) is 0 Å². The molecule has 0 aliphatic carbocycles. The van der Waals surface area contributed by atoms with Crippen LogP contribution in [0.25, 0.3) is 11.4 Å². The predicted molar refractivity (Wildman–Crippen MR) is 56.6 cm³/mol. The second kappa shape index (κ2) is 3.59. The summed E-state index contributed by atoms with van der Waals surface area (Å²) in [6, 6.07) is 0. The largest absolute Gasteiger partial charge is 0.342 e. The average Bonchev–Trinajstić information content (AvgIpc) is 2.51. The fourth-order valence-corrected chi connectivity index (χ4v) is 1.72. The van der Waals surface area contributed by atoms with E-state index in [1.807, 2.05) is 6.92 Å². The second-order valence-electron chi connectivity index (χ2n) is 2.89. The molecule has 0 spiro atoms. The number of halogens is 2. The van der Waals surface area contributed by atoms with Gasteiger partial charge in [0.05, 0.1) is 15.6 Å². The molecule has 0 bridgehead atoms. The van der Waals surface area contributed by atoms with Crippen molar-refractivity contribution in [3.8, 4) is 11.4 Å². The standard InChI is InChI=1S/C9H7Cl2N3/c1-5-2-13-9(14-5)8-6(10)3-12-4-7(8)11/h2-4H,1H3,(H,13,14). The molecule has 2 aromatic rings. The van der Waals surface area contributed by atoms with E-state index in [1.54, 1.807) is 18.6 Å². The fourth-order valence-electron chi connectivity index (χ4n) is 1.18. The van der Waals surface area contributed by atoms with Crippen molar-refractivity contribution < 1.29 is 0 Å². The summed E-state index contributed by atoms with van der Waals surface area (Å²) >= 11 is 11.9.